The summed E-state index contributed by atoms with van der Waals surface area (Å²) >= 11 is 6.21. The van der Waals surface area contributed by atoms with Crippen LogP contribution in [0.15, 0.2) is 0 Å². The van der Waals surface area contributed by atoms with Gasteiger partial charge in [0.1, 0.15) is 0 Å². The minimum Gasteiger partial charge on any atom is -0.469 e. The summed E-state index contributed by atoms with van der Waals surface area (Å²) < 4.78 is 5.08. The molecular weight excluding hydrogens is 262 g/mol. The highest BCUT2D eigenvalue weighted by Crippen LogP contribution is 2.45. The molecule has 3 rings (SSSR count). The molecule has 1 aliphatic carbocycles. The summed E-state index contributed by atoms with van der Waals surface area (Å²) in [6.07, 6.45) is 8.09. The molecule has 19 heavy (non-hydrogen) atoms. The van der Waals surface area contributed by atoms with E-state index in [4.69, 9.17) is 16.3 Å². The number of hydrogen-bond donors (Lipinski definition) is 1. The number of fused-ring (bicyclic) bond motifs is 2. The first-order chi connectivity index (χ1) is 9.19. The minimum atomic E-state index is -0.00385. The van der Waals surface area contributed by atoms with E-state index in [1.54, 1.807) is 0 Å². The Balaban J connectivity index is 1.75. The number of alkyl halides is 1. The molecule has 4 atom stereocenters. The van der Waals surface area contributed by atoms with Crippen LogP contribution in [0.4, 0.5) is 0 Å². The molecule has 3 fully saturated rings. The molecule has 2 saturated heterocycles. The van der Waals surface area contributed by atoms with Gasteiger partial charge in [-0.2, -0.15) is 0 Å². The van der Waals surface area contributed by atoms with Crippen molar-refractivity contribution >= 4 is 17.6 Å². The van der Waals surface area contributed by atoms with Crippen LogP contribution in [0.5, 0.6) is 0 Å². The van der Waals surface area contributed by atoms with Crippen molar-refractivity contribution in [3.05, 3.63) is 0 Å². The van der Waals surface area contributed by atoms with Gasteiger partial charge in [-0.15, -0.1) is 11.6 Å². The van der Waals surface area contributed by atoms with Crippen LogP contribution in [0.3, 0.4) is 0 Å². The van der Waals surface area contributed by atoms with E-state index in [1.807, 2.05) is 0 Å². The number of carbonyl (C=O) groups is 1. The topological polar surface area (TPSA) is 38.3 Å². The normalized spacial score (nSPS) is 46.0. The minimum absolute atomic E-state index is 0.00385. The molecule has 0 amide bonds. The second kappa shape index (κ2) is 5.61. The van der Waals surface area contributed by atoms with Crippen molar-refractivity contribution in [1.29, 1.82) is 0 Å². The summed E-state index contributed by atoms with van der Waals surface area (Å²) in [5.74, 6) is 1.25. The number of esters is 1. The van der Waals surface area contributed by atoms with Crippen molar-refractivity contribution in [2.24, 2.45) is 17.8 Å². The first kappa shape index (κ1) is 13.7. The van der Waals surface area contributed by atoms with Crippen LogP contribution in [-0.4, -0.2) is 30.5 Å². The zero-order valence-corrected chi connectivity index (χ0v) is 12.4. The summed E-state index contributed by atoms with van der Waals surface area (Å²) in [5, 5.41) is 3.96. The number of carbonyl (C=O) groups excluding carboxylic acids is 1. The van der Waals surface area contributed by atoms with Crippen molar-refractivity contribution < 1.29 is 9.53 Å². The summed E-state index contributed by atoms with van der Waals surface area (Å²) in [6, 6.07) is 0.981. The lowest BCUT2D eigenvalue weighted by Gasteiger charge is -2.42. The molecule has 3 nitrogen and oxygen atoms in total. The van der Waals surface area contributed by atoms with Gasteiger partial charge in [-0.05, 0) is 56.8 Å². The monoisotopic (exact) mass is 285 g/mol. The molecule has 0 aromatic carbocycles. The predicted octanol–water partition coefficient (Wildman–Crippen LogP) is 2.71. The van der Waals surface area contributed by atoms with E-state index in [2.05, 4.69) is 5.32 Å². The Morgan fingerprint density at radius 3 is 2.58 bits per heavy atom. The number of ether oxygens (including phenoxy) is 1. The van der Waals surface area contributed by atoms with Gasteiger partial charge >= 0.3 is 5.97 Å². The second-order valence-corrected chi connectivity index (χ2v) is 7.13. The fourth-order valence-electron chi connectivity index (χ4n) is 4.56. The Bertz CT molecular complexity index is 341. The highest BCUT2D eigenvalue weighted by Gasteiger charge is 2.48. The van der Waals surface area contributed by atoms with Gasteiger partial charge in [0, 0.05) is 17.5 Å². The van der Waals surface area contributed by atoms with Crippen LogP contribution in [-0.2, 0) is 9.53 Å². The molecule has 1 saturated carbocycles. The Labute approximate surface area is 120 Å². The van der Waals surface area contributed by atoms with Crippen LogP contribution in [0.2, 0.25) is 0 Å². The Morgan fingerprint density at radius 2 is 1.89 bits per heavy atom. The number of hydrogen-bond acceptors (Lipinski definition) is 3. The zero-order chi connectivity index (χ0) is 13.4. The highest BCUT2D eigenvalue weighted by atomic mass is 35.5. The number of piperidine rings is 1. The molecule has 2 heterocycles. The molecular formula is C15H24ClNO2. The smallest absolute Gasteiger partial charge is 0.310 e. The summed E-state index contributed by atoms with van der Waals surface area (Å²) in [4.78, 5) is 12.2. The number of nitrogens with one attached hydrogen (secondary N) is 1. The van der Waals surface area contributed by atoms with Gasteiger partial charge in [-0.3, -0.25) is 4.79 Å². The Hall–Kier alpha value is -0.280. The molecule has 0 aromatic rings. The van der Waals surface area contributed by atoms with E-state index >= 15 is 0 Å². The molecule has 4 unspecified atom stereocenters. The third-order valence-corrected chi connectivity index (χ3v) is 5.94. The van der Waals surface area contributed by atoms with Crippen LogP contribution < -0.4 is 5.32 Å². The van der Waals surface area contributed by atoms with Gasteiger partial charge < -0.3 is 10.1 Å². The standard InChI is InChI=1S/C15H24ClNO2/c1-19-15(18)14-12(8-11-6-7-13(14)17-11)9-2-4-10(16)5-3-9/h9-14,17H,2-8H2,1H3. The lowest BCUT2D eigenvalue weighted by atomic mass is 9.69. The van der Waals surface area contributed by atoms with E-state index in [1.165, 1.54) is 26.4 Å². The van der Waals surface area contributed by atoms with Crippen LogP contribution in [0.1, 0.15) is 44.9 Å². The Kier molecular flexibility index (Phi) is 4.04. The molecule has 0 spiro atoms. The largest absolute Gasteiger partial charge is 0.469 e. The maximum absolute atomic E-state index is 12.2. The lowest BCUT2D eigenvalue weighted by Crippen LogP contribution is -2.51. The van der Waals surface area contributed by atoms with Crippen molar-refractivity contribution in [1.82, 2.24) is 5.32 Å². The summed E-state index contributed by atoms with van der Waals surface area (Å²) in [6.45, 7) is 0. The van der Waals surface area contributed by atoms with Gasteiger partial charge in [-0.25, -0.2) is 0 Å². The van der Waals surface area contributed by atoms with Crippen LogP contribution in [0.25, 0.3) is 0 Å². The van der Waals surface area contributed by atoms with E-state index in [0.717, 1.165) is 25.7 Å². The average Bonchev–Trinajstić information content (AvgIpc) is 2.80. The van der Waals surface area contributed by atoms with E-state index in [9.17, 15) is 4.79 Å². The second-order valence-electron chi connectivity index (χ2n) is 6.51. The molecule has 1 N–H and O–H groups in total. The first-order valence-electron chi connectivity index (χ1n) is 7.67. The SMILES string of the molecule is COC(=O)C1C2CCC(CC1C1CCC(Cl)CC1)N2. The third kappa shape index (κ3) is 2.64. The van der Waals surface area contributed by atoms with Gasteiger partial charge in [0.2, 0.25) is 0 Å². The maximum atomic E-state index is 12.2. The quantitative estimate of drug-likeness (QED) is 0.626. The predicted molar refractivity (Wildman–Crippen MR) is 75.2 cm³/mol. The number of methoxy groups -OCH3 is 1. The van der Waals surface area contributed by atoms with E-state index < -0.39 is 0 Å². The maximum Gasteiger partial charge on any atom is 0.310 e. The Morgan fingerprint density at radius 1 is 1.16 bits per heavy atom. The summed E-state index contributed by atoms with van der Waals surface area (Å²) in [5.41, 5.74) is 0. The molecule has 108 valence electrons. The lowest BCUT2D eigenvalue weighted by molar-refractivity contribution is -0.151. The van der Waals surface area contributed by atoms with Gasteiger partial charge in [0.15, 0.2) is 0 Å². The molecule has 3 aliphatic rings. The van der Waals surface area contributed by atoms with Gasteiger partial charge in [0.25, 0.3) is 0 Å². The molecule has 4 heteroatoms. The highest BCUT2D eigenvalue weighted by molar-refractivity contribution is 6.20. The van der Waals surface area contributed by atoms with Crippen molar-refractivity contribution in [3.63, 3.8) is 0 Å². The van der Waals surface area contributed by atoms with Gasteiger partial charge in [-0.1, -0.05) is 0 Å². The van der Waals surface area contributed by atoms with E-state index in [0.29, 0.717) is 29.3 Å². The van der Waals surface area contributed by atoms with Crippen molar-refractivity contribution in [2.75, 3.05) is 7.11 Å². The summed E-state index contributed by atoms with van der Waals surface area (Å²) in [7, 11) is 1.52. The van der Waals surface area contributed by atoms with Crippen LogP contribution >= 0.6 is 11.6 Å². The van der Waals surface area contributed by atoms with Crippen molar-refractivity contribution in [2.45, 2.75) is 62.4 Å². The molecule has 2 bridgehead atoms. The zero-order valence-electron chi connectivity index (χ0n) is 11.6. The molecule has 2 aliphatic heterocycles. The molecule has 0 radical (unpaired) electrons. The van der Waals surface area contributed by atoms with Crippen LogP contribution in [0, 0.1) is 17.8 Å². The number of rotatable bonds is 2. The molecule has 0 aromatic heterocycles. The van der Waals surface area contributed by atoms with Crippen molar-refractivity contribution in [3.8, 4) is 0 Å². The average molecular weight is 286 g/mol. The van der Waals surface area contributed by atoms with Gasteiger partial charge in [0.05, 0.1) is 13.0 Å². The third-order valence-electron chi connectivity index (χ3n) is 5.51. The van der Waals surface area contributed by atoms with E-state index in [-0.39, 0.29) is 11.9 Å². The fourth-order valence-corrected chi connectivity index (χ4v) is 4.81. The fraction of sp³-hybridized carbons (Fsp3) is 0.933. The number of halogens is 1. The first-order valence-corrected chi connectivity index (χ1v) is 8.10.